The molecule has 4 rings (SSSR count). The van der Waals surface area contributed by atoms with Gasteiger partial charge in [0.1, 0.15) is 12.2 Å². The summed E-state index contributed by atoms with van der Waals surface area (Å²) in [6.45, 7) is 17.3. The molecular formula is C38H58O7Si. The van der Waals surface area contributed by atoms with Crippen molar-refractivity contribution in [2.24, 2.45) is 11.8 Å². The third kappa shape index (κ3) is 9.31. The van der Waals surface area contributed by atoms with Gasteiger partial charge in [0.25, 0.3) is 0 Å². The van der Waals surface area contributed by atoms with Gasteiger partial charge in [0.15, 0.2) is 8.32 Å². The van der Waals surface area contributed by atoms with Crippen LogP contribution in [-0.2, 0) is 41.3 Å². The Balaban J connectivity index is 1.58. The summed E-state index contributed by atoms with van der Waals surface area (Å²) in [6.07, 6.45) is 4.49. The predicted molar refractivity (Wildman–Crippen MR) is 185 cm³/mol. The SMILES string of the molecule is CO[C@]1([C@@H](OCc2ccccc2)[C@@H]2OC=C[C@H](O)[C@H]2C)C[C@H](O[Si](C)(C)C(C)(C)C)[C@@H](C)[C@@H](CCCCOCc2ccccc2)O1. The van der Waals surface area contributed by atoms with Gasteiger partial charge in [-0.25, -0.2) is 0 Å². The molecule has 8 heteroatoms. The fourth-order valence-electron chi connectivity index (χ4n) is 6.18. The molecule has 2 aliphatic heterocycles. The van der Waals surface area contributed by atoms with E-state index >= 15 is 0 Å². The van der Waals surface area contributed by atoms with Crippen molar-refractivity contribution in [2.75, 3.05) is 13.7 Å². The van der Waals surface area contributed by atoms with Crippen molar-refractivity contribution in [3.05, 3.63) is 84.1 Å². The summed E-state index contributed by atoms with van der Waals surface area (Å²) in [6, 6.07) is 20.4. The molecule has 0 spiro atoms. The minimum Gasteiger partial charge on any atom is -0.495 e. The van der Waals surface area contributed by atoms with Crippen molar-refractivity contribution >= 4 is 8.32 Å². The second kappa shape index (κ2) is 16.4. The normalized spacial score (nSPS) is 29.3. The molecule has 0 unspecified atom stereocenters. The lowest BCUT2D eigenvalue weighted by Gasteiger charge is -2.54. The molecule has 0 radical (unpaired) electrons. The summed E-state index contributed by atoms with van der Waals surface area (Å²) in [7, 11) is -0.444. The van der Waals surface area contributed by atoms with E-state index in [1.807, 2.05) is 55.5 Å². The molecule has 8 atom stereocenters. The van der Waals surface area contributed by atoms with Crippen molar-refractivity contribution in [1.82, 2.24) is 0 Å². The molecule has 0 bridgehead atoms. The maximum Gasteiger partial charge on any atom is 0.200 e. The van der Waals surface area contributed by atoms with Crippen LogP contribution < -0.4 is 0 Å². The molecular weight excluding hydrogens is 596 g/mol. The zero-order valence-electron chi connectivity index (χ0n) is 29.3. The minimum atomic E-state index is -2.14. The van der Waals surface area contributed by atoms with E-state index in [2.05, 4.69) is 52.9 Å². The highest BCUT2D eigenvalue weighted by Gasteiger charge is 2.57. The lowest BCUT2D eigenvalue weighted by molar-refractivity contribution is -0.355. The molecule has 0 aromatic heterocycles. The van der Waals surface area contributed by atoms with Crippen LogP contribution in [0.1, 0.15) is 71.4 Å². The highest BCUT2D eigenvalue weighted by Crippen LogP contribution is 2.46. The Hall–Kier alpha value is -2.04. The molecule has 0 aliphatic carbocycles. The first kappa shape index (κ1) is 36.8. The summed E-state index contributed by atoms with van der Waals surface area (Å²) < 4.78 is 39.7. The third-order valence-electron chi connectivity index (χ3n) is 10.3. The van der Waals surface area contributed by atoms with Crippen LogP contribution in [-0.4, -0.2) is 63.4 Å². The quantitative estimate of drug-likeness (QED) is 0.154. The summed E-state index contributed by atoms with van der Waals surface area (Å²) in [5, 5.41) is 10.9. The molecule has 2 aliphatic rings. The Morgan fingerprint density at radius 2 is 1.57 bits per heavy atom. The second-order valence-electron chi connectivity index (χ2n) is 14.7. The molecule has 2 heterocycles. The van der Waals surface area contributed by atoms with Crippen LogP contribution in [0, 0.1) is 11.8 Å². The smallest absolute Gasteiger partial charge is 0.200 e. The predicted octanol–water partition coefficient (Wildman–Crippen LogP) is 8.03. The van der Waals surface area contributed by atoms with E-state index in [0.29, 0.717) is 26.2 Å². The van der Waals surface area contributed by atoms with E-state index in [-0.39, 0.29) is 29.1 Å². The molecule has 46 heavy (non-hydrogen) atoms. The van der Waals surface area contributed by atoms with Crippen LogP contribution in [0.4, 0.5) is 0 Å². The standard InChI is InChI=1S/C38H58O7Si/c1-28-32(39)22-24-42-35(28)36(43-27-31-19-13-10-14-20-31)38(40-6)25-34(45-46(7,8)37(3,4)5)29(2)33(44-38)21-15-16-23-41-26-30-17-11-9-12-18-30/h9-14,17-20,22,24,28-29,32-36,39H,15-16,21,23,25-27H2,1-8H3/t28-,29+,32+,33-,34+,35-,36+,38-/m1/s1. The maximum absolute atomic E-state index is 10.9. The van der Waals surface area contributed by atoms with Gasteiger partial charge in [0.05, 0.1) is 37.8 Å². The van der Waals surface area contributed by atoms with Gasteiger partial charge in [0, 0.05) is 32.0 Å². The molecule has 1 fully saturated rings. The lowest BCUT2D eigenvalue weighted by atomic mass is 9.80. The van der Waals surface area contributed by atoms with Gasteiger partial charge >= 0.3 is 0 Å². The van der Waals surface area contributed by atoms with Crippen molar-refractivity contribution in [1.29, 1.82) is 0 Å². The maximum atomic E-state index is 10.9. The average Bonchev–Trinajstić information content (AvgIpc) is 3.03. The van der Waals surface area contributed by atoms with E-state index < -0.39 is 32.4 Å². The van der Waals surface area contributed by atoms with Crippen LogP contribution in [0.2, 0.25) is 18.1 Å². The Bertz CT molecular complexity index is 1200. The summed E-state index contributed by atoms with van der Waals surface area (Å²) in [5.74, 6) is -1.24. The van der Waals surface area contributed by atoms with Gasteiger partial charge in [0.2, 0.25) is 5.79 Å². The molecule has 0 saturated carbocycles. The minimum absolute atomic E-state index is 0.0471. The van der Waals surface area contributed by atoms with E-state index in [0.717, 1.165) is 24.8 Å². The van der Waals surface area contributed by atoms with Crippen LogP contribution >= 0.6 is 0 Å². The number of hydrogen-bond acceptors (Lipinski definition) is 7. The summed E-state index contributed by atoms with van der Waals surface area (Å²) in [4.78, 5) is 0. The molecule has 1 saturated heterocycles. The number of rotatable bonds is 15. The van der Waals surface area contributed by atoms with E-state index in [1.54, 1.807) is 19.4 Å². The Morgan fingerprint density at radius 3 is 2.17 bits per heavy atom. The van der Waals surface area contributed by atoms with Crippen molar-refractivity contribution in [3.63, 3.8) is 0 Å². The Labute approximate surface area is 278 Å². The summed E-state index contributed by atoms with van der Waals surface area (Å²) >= 11 is 0. The number of unbranched alkanes of at least 4 members (excludes halogenated alkanes) is 1. The van der Waals surface area contributed by atoms with Gasteiger partial charge in [-0.05, 0) is 54.6 Å². The lowest BCUT2D eigenvalue weighted by Crippen LogP contribution is -2.64. The topological polar surface area (TPSA) is 75.6 Å². The second-order valence-corrected chi connectivity index (χ2v) is 19.4. The van der Waals surface area contributed by atoms with Crippen molar-refractivity contribution in [2.45, 2.75) is 128 Å². The first-order valence-electron chi connectivity index (χ1n) is 17.0. The van der Waals surface area contributed by atoms with Crippen molar-refractivity contribution < 1.29 is 33.2 Å². The van der Waals surface area contributed by atoms with E-state index in [1.165, 1.54) is 5.56 Å². The van der Waals surface area contributed by atoms with Crippen LogP contribution in [0.3, 0.4) is 0 Å². The molecule has 2 aromatic carbocycles. The number of aliphatic hydroxyl groups excluding tert-OH is 1. The number of aliphatic hydroxyl groups is 1. The Morgan fingerprint density at radius 1 is 0.935 bits per heavy atom. The van der Waals surface area contributed by atoms with E-state index in [9.17, 15) is 5.11 Å². The molecule has 2 aromatic rings. The molecule has 0 amide bonds. The van der Waals surface area contributed by atoms with Crippen LogP contribution in [0.5, 0.6) is 0 Å². The summed E-state index contributed by atoms with van der Waals surface area (Å²) in [5.41, 5.74) is 2.23. The van der Waals surface area contributed by atoms with Gasteiger partial charge in [-0.2, -0.15) is 0 Å². The Kier molecular flexibility index (Phi) is 13.1. The zero-order valence-corrected chi connectivity index (χ0v) is 30.3. The van der Waals surface area contributed by atoms with Gasteiger partial charge < -0.3 is 33.2 Å². The molecule has 256 valence electrons. The zero-order chi connectivity index (χ0) is 33.4. The number of benzene rings is 2. The monoisotopic (exact) mass is 654 g/mol. The van der Waals surface area contributed by atoms with Crippen LogP contribution in [0.15, 0.2) is 73.0 Å². The highest BCUT2D eigenvalue weighted by atomic mass is 28.4. The van der Waals surface area contributed by atoms with Gasteiger partial charge in [-0.1, -0.05) is 95.3 Å². The van der Waals surface area contributed by atoms with Crippen molar-refractivity contribution in [3.8, 4) is 0 Å². The fraction of sp³-hybridized carbons (Fsp3) is 0.632. The first-order valence-corrected chi connectivity index (χ1v) is 20.0. The number of ether oxygens (including phenoxy) is 5. The number of hydrogen-bond donors (Lipinski definition) is 1. The van der Waals surface area contributed by atoms with Gasteiger partial charge in [-0.3, -0.25) is 0 Å². The fourth-order valence-corrected chi connectivity index (χ4v) is 7.59. The molecule has 1 N–H and O–H groups in total. The average molecular weight is 655 g/mol. The molecule has 7 nitrogen and oxygen atoms in total. The number of methoxy groups -OCH3 is 1. The first-order chi connectivity index (χ1) is 21.9. The largest absolute Gasteiger partial charge is 0.495 e. The third-order valence-corrected chi connectivity index (χ3v) is 14.8. The van der Waals surface area contributed by atoms with Crippen LogP contribution in [0.25, 0.3) is 0 Å². The highest BCUT2D eigenvalue weighted by molar-refractivity contribution is 6.74. The van der Waals surface area contributed by atoms with Gasteiger partial charge in [-0.15, -0.1) is 0 Å². The van der Waals surface area contributed by atoms with E-state index in [4.69, 9.17) is 28.1 Å².